The van der Waals surface area contributed by atoms with Gasteiger partial charge in [-0.2, -0.15) is 0 Å². The molecule has 0 radical (unpaired) electrons. The van der Waals surface area contributed by atoms with E-state index in [1.54, 1.807) is 0 Å². The molecule has 2 unspecified atom stereocenters. The summed E-state index contributed by atoms with van der Waals surface area (Å²) in [6.07, 6.45) is 0. The molecule has 0 amide bonds. The summed E-state index contributed by atoms with van der Waals surface area (Å²) in [6.45, 7) is 0. The summed E-state index contributed by atoms with van der Waals surface area (Å²) in [4.78, 5) is 0. The van der Waals surface area contributed by atoms with Crippen molar-refractivity contribution in [3.63, 3.8) is 0 Å². The monoisotopic (exact) mass is 591 g/mol. The van der Waals surface area contributed by atoms with Crippen LogP contribution >= 0.6 is 0 Å². The zero-order chi connectivity index (χ0) is 36.5. The fourth-order valence-electron chi connectivity index (χ4n) is 6.99. The Balaban J connectivity index is 1.39. The molecular formula is C46H32. The molecule has 9 rings (SSSR count). The third kappa shape index (κ3) is 4.54. The molecule has 0 N–H and O–H groups in total. The molecule has 46 heavy (non-hydrogen) atoms. The molecular weight excluding hydrogens is 553 g/mol. The maximum absolute atomic E-state index is 9.90. The van der Waals surface area contributed by atoms with Crippen molar-refractivity contribution in [1.29, 1.82) is 0 Å². The van der Waals surface area contributed by atoms with E-state index >= 15 is 0 Å². The Morgan fingerprint density at radius 3 is 1.61 bits per heavy atom. The average molecular weight is 592 g/mol. The molecule has 0 bridgehead atoms. The van der Waals surface area contributed by atoms with Crippen LogP contribution in [-0.2, 0) is 0 Å². The first-order chi connectivity index (χ1) is 25.7. The predicted octanol–water partition coefficient (Wildman–Crippen LogP) is 9.96. The van der Waals surface area contributed by atoms with Crippen LogP contribution in [0.1, 0.15) is 26.3 Å². The van der Waals surface area contributed by atoms with Gasteiger partial charge in [-0.25, -0.2) is 0 Å². The molecule has 2 aliphatic rings. The van der Waals surface area contributed by atoms with Crippen LogP contribution in [0.25, 0.3) is 49.4 Å². The van der Waals surface area contributed by atoms with Crippen LogP contribution in [0.15, 0.2) is 182 Å². The first kappa shape index (κ1) is 20.3. The van der Waals surface area contributed by atoms with Gasteiger partial charge in [-0.1, -0.05) is 170 Å². The van der Waals surface area contributed by atoms with Crippen LogP contribution in [0.4, 0.5) is 0 Å². The van der Waals surface area contributed by atoms with E-state index in [1.807, 2.05) is 109 Å². The molecule has 0 fully saturated rings. The fraction of sp³-hybridized carbons (Fsp3) is 0.0435. The Bertz CT molecular complexity index is 2850. The molecule has 216 valence electrons. The van der Waals surface area contributed by atoms with Gasteiger partial charge in [0.1, 0.15) is 0 Å². The largest absolute Gasteiger partial charge is 0.0754 e. The summed E-state index contributed by atoms with van der Waals surface area (Å²) in [5.74, 6) is -1.67. The maximum atomic E-state index is 9.90. The van der Waals surface area contributed by atoms with Crippen LogP contribution in [-0.4, -0.2) is 0 Å². The second kappa shape index (κ2) is 11.0. The lowest BCUT2D eigenvalue weighted by Gasteiger charge is -2.34. The molecule has 0 aromatic heterocycles. The van der Waals surface area contributed by atoms with Gasteiger partial charge in [0.2, 0.25) is 0 Å². The molecule has 0 spiro atoms. The third-order valence-electron chi connectivity index (χ3n) is 9.24. The van der Waals surface area contributed by atoms with Crippen LogP contribution in [0, 0.1) is 11.8 Å². The number of fused-ring (bicyclic) bond motifs is 4. The molecule has 0 aliphatic heterocycles. The number of hydrogen-bond donors (Lipinski definition) is 0. The Labute approximate surface area is 279 Å². The van der Waals surface area contributed by atoms with E-state index in [9.17, 15) is 6.85 Å². The molecule has 0 heteroatoms. The van der Waals surface area contributed by atoms with E-state index in [0.717, 1.165) is 32.7 Å². The summed E-state index contributed by atoms with van der Waals surface area (Å²) < 4.78 is 65.4. The molecule has 0 saturated heterocycles. The van der Waals surface area contributed by atoms with Crippen LogP contribution < -0.4 is 10.4 Å². The fourth-order valence-corrected chi connectivity index (χ4v) is 6.99. The van der Waals surface area contributed by atoms with Crippen molar-refractivity contribution in [3.05, 3.63) is 209 Å². The lowest BCUT2D eigenvalue weighted by molar-refractivity contribution is 0.689. The Morgan fingerprint density at radius 2 is 0.935 bits per heavy atom. The molecule has 7 aromatic carbocycles. The Morgan fingerprint density at radius 1 is 0.413 bits per heavy atom. The van der Waals surface area contributed by atoms with Crippen molar-refractivity contribution in [2.24, 2.45) is 11.8 Å². The first-order valence-electron chi connectivity index (χ1n) is 19.1. The standard InChI is InChI=1S/C46H32/c1-2-10-31(11-3-1)39-26-27-43-44(30-39)46(40-25-21-33-13-5-7-15-37(33)29-40)42-17-9-8-16-41(42)45(43)35-22-18-34(19-23-35)38-24-20-32-12-4-6-14-36(32)28-38/h1-30,43-44H/i8D,9D,16D,17D,26D,27D,30D. The van der Waals surface area contributed by atoms with Gasteiger partial charge in [0.25, 0.3) is 0 Å². The number of rotatable bonds is 4. The molecule has 7 aromatic rings. The zero-order valence-electron chi connectivity index (χ0n) is 31.9. The van der Waals surface area contributed by atoms with Gasteiger partial charge in [-0.05, 0) is 88.7 Å². The SMILES string of the molecule is [2H]C1=C([2H])C2C(c3ccc(-c4ccc5ccccc5c4)cc3)=c3c([2H])c([2H])c([2H])c([2H])c3=C(c3ccc4ccccc4c3)C2C([2H])=C1c1ccccc1. The van der Waals surface area contributed by atoms with Gasteiger partial charge in [-0.15, -0.1) is 0 Å². The molecule has 0 saturated carbocycles. The zero-order valence-corrected chi connectivity index (χ0v) is 24.9. The number of allylic oxidation sites excluding steroid dienone is 4. The highest BCUT2D eigenvalue weighted by Crippen LogP contribution is 2.43. The minimum absolute atomic E-state index is 0.00908. The van der Waals surface area contributed by atoms with E-state index in [1.165, 1.54) is 0 Å². The highest BCUT2D eigenvalue weighted by molar-refractivity contribution is 5.91. The maximum Gasteiger partial charge on any atom is 0.0629 e. The van der Waals surface area contributed by atoms with Crippen molar-refractivity contribution in [3.8, 4) is 11.1 Å². The lowest BCUT2D eigenvalue weighted by Crippen LogP contribution is -2.40. The van der Waals surface area contributed by atoms with Crippen LogP contribution in [0.3, 0.4) is 0 Å². The smallest absolute Gasteiger partial charge is 0.0629 e. The summed E-state index contributed by atoms with van der Waals surface area (Å²) in [7, 11) is 0. The number of hydrogen-bond acceptors (Lipinski definition) is 0. The predicted molar refractivity (Wildman–Crippen MR) is 195 cm³/mol. The quantitative estimate of drug-likeness (QED) is 0.191. The van der Waals surface area contributed by atoms with E-state index in [-0.39, 0.29) is 42.3 Å². The van der Waals surface area contributed by atoms with E-state index in [0.29, 0.717) is 43.8 Å². The van der Waals surface area contributed by atoms with Crippen molar-refractivity contribution < 1.29 is 9.60 Å². The van der Waals surface area contributed by atoms with E-state index in [4.69, 9.17) is 2.74 Å². The first-order valence-corrected chi connectivity index (χ1v) is 15.6. The van der Waals surface area contributed by atoms with Crippen molar-refractivity contribution in [1.82, 2.24) is 0 Å². The van der Waals surface area contributed by atoms with Gasteiger partial charge in [0.05, 0.1) is 9.60 Å². The second-order valence-corrected chi connectivity index (χ2v) is 11.9. The van der Waals surface area contributed by atoms with E-state index in [2.05, 4.69) is 30.3 Å². The summed E-state index contributed by atoms with van der Waals surface area (Å²) in [5, 5.41) is 4.88. The van der Waals surface area contributed by atoms with Gasteiger partial charge in [-0.3, -0.25) is 0 Å². The van der Waals surface area contributed by atoms with Crippen molar-refractivity contribution in [2.45, 2.75) is 0 Å². The van der Waals surface area contributed by atoms with E-state index < -0.39 is 11.8 Å². The summed E-state index contributed by atoms with van der Waals surface area (Å²) >= 11 is 0. The summed E-state index contributed by atoms with van der Waals surface area (Å²) in [6, 6.07) is 44.6. The highest BCUT2D eigenvalue weighted by Gasteiger charge is 2.33. The van der Waals surface area contributed by atoms with Gasteiger partial charge >= 0.3 is 0 Å². The summed E-state index contributed by atoms with van der Waals surface area (Å²) in [5.41, 5.74) is 5.51. The minimum atomic E-state index is -0.859. The van der Waals surface area contributed by atoms with Crippen molar-refractivity contribution in [2.75, 3.05) is 0 Å². The molecule has 0 heterocycles. The average Bonchev–Trinajstić information content (AvgIpc) is 3.20. The second-order valence-electron chi connectivity index (χ2n) is 11.9. The normalized spacial score (nSPS) is 19.9. The van der Waals surface area contributed by atoms with Gasteiger partial charge < -0.3 is 0 Å². The number of benzene rings is 7. The Kier molecular flexibility index (Phi) is 4.87. The molecule has 0 nitrogen and oxygen atoms in total. The highest BCUT2D eigenvalue weighted by atomic mass is 14.4. The minimum Gasteiger partial charge on any atom is -0.0754 e. The Hall–Kier alpha value is -5.72. The van der Waals surface area contributed by atoms with Crippen molar-refractivity contribution >= 4 is 38.3 Å². The van der Waals surface area contributed by atoms with Gasteiger partial charge in [0.15, 0.2) is 0 Å². The molecule has 2 atom stereocenters. The van der Waals surface area contributed by atoms with Crippen LogP contribution in [0.2, 0.25) is 0 Å². The van der Waals surface area contributed by atoms with Crippen LogP contribution in [0.5, 0.6) is 0 Å². The molecule has 2 aliphatic carbocycles. The lowest BCUT2D eigenvalue weighted by atomic mass is 9.68. The topological polar surface area (TPSA) is 0 Å². The third-order valence-corrected chi connectivity index (χ3v) is 9.24. The van der Waals surface area contributed by atoms with Gasteiger partial charge in [0, 0.05) is 11.8 Å².